The number of amides is 2. The summed E-state index contributed by atoms with van der Waals surface area (Å²) in [5.74, 6) is -0.845. The summed E-state index contributed by atoms with van der Waals surface area (Å²) in [5.41, 5.74) is 7.63. The molecule has 0 aliphatic rings. The van der Waals surface area contributed by atoms with Crippen molar-refractivity contribution < 1.29 is 9.59 Å². The standard InChI is InChI=1S/C18H21N3O2/c1-3-21(4-2)14-11-9-13(10-12-14)18(23)20-16-8-6-5-7-15(16)17(19)22/h5-12H,3-4H2,1-2H3,(H2,19,22)(H,20,23). The second-order valence-electron chi connectivity index (χ2n) is 5.08. The number of rotatable bonds is 6. The minimum atomic E-state index is -0.571. The number of carbonyl (C=O) groups excluding carboxylic acids is 2. The van der Waals surface area contributed by atoms with Gasteiger partial charge in [-0.25, -0.2) is 0 Å². The maximum Gasteiger partial charge on any atom is 0.255 e. The Bertz CT molecular complexity index is 692. The van der Waals surface area contributed by atoms with Gasteiger partial charge in [0.25, 0.3) is 11.8 Å². The monoisotopic (exact) mass is 311 g/mol. The van der Waals surface area contributed by atoms with Crippen LogP contribution in [0.2, 0.25) is 0 Å². The van der Waals surface area contributed by atoms with Crippen molar-refractivity contribution in [3.63, 3.8) is 0 Å². The molecule has 0 radical (unpaired) electrons. The Morgan fingerprint density at radius 1 is 1.00 bits per heavy atom. The summed E-state index contributed by atoms with van der Waals surface area (Å²) in [7, 11) is 0. The van der Waals surface area contributed by atoms with Crippen LogP contribution >= 0.6 is 0 Å². The molecule has 5 heteroatoms. The van der Waals surface area contributed by atoms with Crippen molar-refractivity contribution in [2.75, 3.05) is 23.3 Å². The predicted molar refractivity (Wildman–Crippen MR) is 92.9 cm³/mol. The Balaban J connectivity index is 2.17. The fraction of sp³-hybridized carbons (Fsp3) is 0.222. The smallest absolute Gasteiger partial charge is 0.255 e. The first-order chi connectivity index (χ1) is 11.1. The average molecular weight is 311 g/mol. The second kappa shape index (κ2) is 7.45. The molecule has 23 heavy (non-hydrogen) atoms. The number of para-hydroxylation sites is 1. The molecule has 0 heterocycles. The number of anilines is 2. The summed E-state index contributed by atoms with van der Waals surface area (Å²) in [4.78, 5) is 25.9. The third-order valence-corrected chi connectivity index (χ3v) is 3.70. The topological polar surface area (TPSA) is 75.4 Å². The number of nitrogens with zero attached hydrogens (tertiary/aromatic N) is 1. The second-order valence-corrected chi connectivity index (χ2v) is 5.08. The van der Waals surface area contributed by atoms with Gasteiger partial charge < -0.3 is 16.0 Å². The van der Waals surface area contributed by atoms with Crippen LogP contribution in [0.25, 0.3) is 0 Å². The zero-order valence-electron chi connectivity index (χ0n) is 13.4. The number of hydrogen-bond acceptors (Lipinski definition) is 3. The molecule has 2 aromatic rings. The van der Waals surface area contributed by atoms with Crippen LogP contribution in [0.5, 0.6) is 0 Å². The Hall–Kier alpha value is -2.82. The Morgan fingerprint density at radius 2 is 1.61 bits per heavy atom. The van der Waals surface area contributed by atoms with E-state index in [1.54, 1.807) is 36.4 Å². The summed E-state index contributed by atoms with van der Waals surface area (Å²) in [6.45, 7) is 6.00. The Kier molecular flexibility index (Phi) is 5.36. The van der Waals surface area contributed by atoms with Crippen LogP contribution in [0.3, 0.4) is 0 Å². The maximum absolute atomic E-state index is 12.3. The van der Waals surface area contributed by atoms with Gasteiger partial charge in [-0.05, 0) is 50.2 Å². The third kappa shape index (κ3) is 3.88. The highest BCUT2D eigenvalue weighted by atomic mass is 16.2. The first-order valence-electron chi connectivity index (χ1n) is 7.62. The highest BCUT2D eigenvalue weighted by molar-refractivity contribution is 6.08. The van der Waals surface area contributed by atoms with Crippen molar-refractivity contribution in [3.8, 4) is 0 Å². The van der Waals surface area contributed by atoms with Gasteiger partial charge in [-0.15, -0.1) is 0 Å². The molecule has 3 N–H and O–H groups in total. The average Bonchev–Trinajstić information content (AvgIpc) is 2.57. The quantitative estimate of drug-likeness (QED) is 0.861. The van der Waals surface area contributed by atoms with Crippen molar-refractivity contribution in [3.05, 3.63) is 59.7 Å². The maximum atomic E-state index is 12.3. The van der Waals surface area contributed by atoms with Gasteiger partial charge in [-0.1, -0.05) is 12.1 Å². The summed E-state index contributed by atoms with van der Waals surface area (Å²) >= 11 is 0. The van der Waals surface area contributed by atoms with E-state index in [4.69, 9.17) is 5.73 Å². The third-order valence-electron chi connectivity index (χ3n) is 3.70. The molecule has 0 bridgehead atoms. The molecule has 120 valence electrons. The van der Waals surface area contributed by atoms with Gasteiger partial charge in [0, 0.05) is 24.3 Å². The molecular weight excluding hydrogens is 290 g/mol. The lowest BCUT2D eigenvalue weighted by atomic mass is 10.1. The number of carbonyl (C=O) groups is 2. The minimum absolute atomic E-state index is 0.273. The largest absolute Gasteiger partial charge is 0.372 e. The van der Waals surface area contributed by atoms with E-state index in [-0.39, 0.29) is 5.91 Å². The molecule has 0 saturated heterocycles. The van der Waals surface area contributed by atoms with E-state index in [1.165, 1.54) is 0 Å². The summed E-state index contributed by atoms with van der Waals surface area (Å²) in [5, 5.41) is 2.73. The minimum Gasteiger partial charge on any atom is -0.372 e. The Labute approximate surface area is 136 Å². The molecule has 2 rings (SSSR count). The van der Waals surface area contributed by atoms with E-state index in [0.717, 1.165) is 18.8 Å². The van der Waals surface area contributed by atoms with Crippen LogP contribution in [-0.2, 0) is 0 Å². The van der Waals surface area contributed by atoms with Crippen molar-refractivity contribution >= 4 is 23.2 Å². The fourth-order valence-corrected chi connectivity index (χ4v) is 2.41. The number of benzene rings is 2. The van der Waals surface area contributed by atoms with Gasteiger partial charge in [-0.3, -0.25) is 9.59 Å². The van der Waals surface area contributed by atoms with E-state index in [1.807, 2.05) is 12.1 Å². The van der Waals surface area contributed by atoms with Crippen LogP contribution in [0, 0.1) is 0 Å². The lowest BCUT2D eigenvalue weighted by Crippen LogP contribution is -2.22. The summed E-state index contributed by atoms with van der Waals surface area (Å²) < 4.78 is 0. The van der Waals surface area contributed by atoms with Crippen LogP contribution in [-0.4, -0.2) is 24.9 Å². The van der Waals surface area contributed by atoms with Crippen molar-refractivity contribution in [1.29, 1.82) is 0 Å². The molecule has 0 fully saturated rings. The molecule has 0 spiro atoms. The fourth-order valence-electron chi connectivity index (χ4n) is 2.41. The number of nitrogens with one attached hydrogen (secondary N) is 1. The predicted octanol–water partition coefficient (Wildman–Crippen LogP) is 2.88. The highest BCUT2D eigenvalue weighted by Crippen LogP contribution is 2.18. The SMILES string of the molecule is CCN(CC)c1ccc(C(=O)Nc2ccccc2C(N)=O)cc1. The molecule has 5 nitrogen and oxygen atoms in total. The van der Waals surface area contributed by atoms with E-state index < -0.39 is 5.91 Å². The Morgan fingerprint density at radius 3 is 2.17 bits per heavy atom. The highest BCUT2D eigenvalue weighted by Gasteiger charge is 2.12. The normalized spacial score (nSPS) is 10.2. The molecular formula is C18H21N3O2. The van der Waals surface area contributed by atoms with Gasteiger partial charge in [-0.2, -0.15) is 0 Å². The molecule has 0 aromatic heterocycles. The first kappa shape index (κ1) is 16.5. The van der Waals surface area contributed by atoms with Gasteiger partial charge in [0.15, 0.2) is 0 Å². The zero-order valence-corrected chi connectivity index (χ0v) is 13.4. The van der Waals surface area contributed by atoms with Crippen LogP contribution in [0.1, 0.15) is 34.6 Å². The van der Waals surface area contributed by atoms with Gasteiger partial charge in [0.1, 0.15) is 0 Å². The molecule has 0 aliphatic carbocycles. The van der Waals surface area contributed by atoms with E-state index in [2.05, 4.69) is 24.1 Å². The van der Waals surface area contributed by atoms with Crippen molar-refractivity contribution in [1.82, 2.24) is 0 Å². The van der Waals surface area contributed by atoms with Crippen LogP contribution in [0.4, 0.5) is 11.4 Å². The number of nitrogens with two attached hydrogens (primary N) is 1. The van der Waals surface area contributed by atoms with Gasteiger partial charge >= 0.3 is 0 Å². The van der Waals surface area contributed by atoms with E-state index in [9.17, 15) is 9.59 Å². The molecule has 0 saturated carbocycles. The van der Waals surface area contributed by atoms with Crippen LogP contribution in [0.15, 0.2) is 48.5 Å². The molecule has 2 aromatic carbocycles. The van der Waals surface area contributed by atoms with Gasteiger partial charge in [0.2, 0.25) is 0 Å². The molecule has 0 aliphatic heterocycles. The molecule has 2 amide bonds. The lowest BCUT2D eigenvalue weighted by Gasteiger charge is -2.21. The van der Waals surface area contributed by atoms with E-state index in [0.29, 0.717) is 16.8 Å². The molecule has 0 atom stereocenters. The van der Waals surface area contributed by atoms with E-state index >= 15 is 0 Å². The number of primary amides is 1. The van der Waals surface area contributed by atoms with Crippen molar-refractivity contribution in [2.45, 2.75) is 13.8 Å². The summed E-state index contributed by atoms with van der Waals surface area (Å²) in [6, 6.07) is 14.1. The van der Waals surface area contributed by atoms with Crippen molar-refractivity contribution in [2.24, 2.45) is 5.73 Å². The summed E-state index contributed by atoms with van der Waals surface area (Å²) in [6.07, 6.45) is 0. The first-order valence-corrected chi connectivity index (χ1v) is 7.62. The van der Waals surface area contributed by atoms with Gasteiger partial charge in [0.05, 0.1) is 11.3 Å². The lowest BCUT2D eigenvalue weighted by molar-refractivity contribution is 0.100. The van der Waals surface area contributed by atoms with Crippen LogP contribution < -0.4 is 16.0 Å². The number of hydrogen-bond donors (Lipinski definition) is 2. The zero-order chi connectivity index (χ0) is 16.8. The molecule has 0 unspecified atom stereocenters.